The van der Waals surface area contributed by atoms with E-state index < -0.39 is 5.97 Å². The Morgan fingerprint density at radius 2 is 1.95 bits per heavy atom. The van der Waals surface area contributed by atoms with Gasteiger partial charge in [-0.1, -0.05) is 26.7 Å². The smallest absolute Gasteiger partial charge is 0.323 e. The van der Waals surface area contributed by atoms with Crippen LogP contribution in [0.3, 0.4) is 0 Å². The second kappa shape index (κ2) is 8.50. The van der Waals surface area contributed by atoms with Crippen molar-refractivity contribution in [1.29, 1.82) is 5.26 Å². The van der Waals surface area contributed by atoms with Crippen LogP contribution in [0.25, 0.3) is 0 Å². The zero-order valence-electron chi connectivity index (χ0n) is 12.9. The molecule has 0 bridgehead atoms. The Balaban J connectivity index is 2.82. The molecule has 0 spiro atoms. The van der Waals surface area contributed by atoms with E-state index in [1.54, 1.807) is 4.90 Å². The van der Waals surface area contributed by atoms with E-state index >= 15 is 0 Å². The molecule has 0 aromatic heterocycles. The highest BCUT2D eigenvalue weighted by atomic mass is 16.4. The van der Waals surface area contributed by atoms with E-state index in [4.69, 9.17) is 10.4 Å². The van der Waals surface area contributed by atoms with Crippen LogP contribution in [0, 0.1) is 17.2 Å². The van der Waals surface area contributed by atoms with E-state index in [2.05, 4.69) is 0 Å². The van der Waals surface area contributed by atoms with Crippen LogP contribution in [0.15, 0.2) is 0 Å². The fourth-order valence-electron chi connectivity index (χ4n) is 2.79. The Kier molecular flexibility index (Phi) is 7.00. The number of hydrogen-bond acceptors (Lipinski definition) is 3. The van der Waals surface area contributed by atoms with Gasteiger partial charge >= 0.3 is 12.0 Å². The predicted octanol–water partition coefficient (Wildman–Crippen LogP) is 2.31. The van der Waals surface area contributed by atoms with Gasteiger partial charge in [0.05, 0.1) is 12.5 Å². The molecule has 0 heterocycles. The fraction of sp³-hybridized carbons (Fsp3) is 0.800. The maximum Gasteiger partial charge on any atom is 0.323 e. The molecule has 0 aromatic carbocycles. The molecule has 21 heavy (non-hydrogen) atoms. The van der Waals surface area contributed by atoms with Crippen molar-refractivity contribution < 1.29 is 14.7 Å². The summed E-state index contributed by atoms with van der Waals surface area (Å²) < 4.78 is 0. The summed E-state index contributed by atoms with van der Waals surface area (Å²) in [7, 11) is 0. The number of carbonyl (C=O) groups excluding carboxylic acids is 1. The summed E-state index contributed by atoms with van der Waals surface area (Å²) in [5, 5.41) is 17.8. The molecule has 118 valence electrons. The largest absolute Gasteiger partial charge is 0.480 e. The van der Waals surface area contributed by atoms with Gasteiger partial charge in [-0.05, 0) is 18.8 Å². The van der Waals surface area contributed by atoms with Gasteiger partial charge in [-0.3, -0.25) is 4.79 Å². The van der Waals surface area contributed by atoms with Crippen molar-refractivity contribution in [2.45, 2.75) is 52.0 Å². The number of amides is 2. The van der Waals surface area contributed by atoms with Crippen molar-refractivity contribution in [2.75, 3.05) is 19.6 Å². The molecule has 0 unspecified atom stereocenters. The zero-order chi connectivity index (χ0) is 15.8. The van der Waals surface area contributed by atoms with Crippen molar-refractivity contribution in [3.63, 3.8) is 0 Å². The second-order valence-corrected chi connectivity index (χ2v) is 5.99. The number of hydrogen-bond donors (Lipinski definition) is 1. The van der Waals surface area contributed by atoms with Gasteiger partial charge < -0.3 is 14.9 Å². The average molecular weight is 295 g/mol. The summed E-state index contributed by atoms with van der Waals surface area (Å²) in [6, 6.07) is 1.82. The van der Waals surface area contributed by atoms with E-state index in [0.29, 0.717) is 13.1 Å². The number of carbonyl (C=O) groups is 2. The topological polar surface area (TPSA) is 84.6 Å². The summed E-state index contributed by atoms with van der Waals surface area (Å²) in [5.41, 5.74) is 0. The van der Waals surface area contributed by atoms with Crippen LogP contribution >= 0.6 is 0 Å². The van der Waals surface area contributed by atoms with Gasteiger partial charge in [0.25, 0.3) is 0 Å². The molecule has 0 saturated heterocycles. The molecular formula is C15H25N3O3. The minimum atomic E-state index is -0.986. The molecular weight excluding hydrogens is 270 g/mol. The molecule has 1 saturated carbocycles. The third-order valence-corrected chi connectivity index (χ3v) is 3.67. The van der Waals surface area contributed by atoms with E-state index in [9.17, 15) is 9.59 Å². The van der Waals surface area contributed by atoms with Crippen LogP contribution in [-0.4, -0.2) is 52.6 Å². The van der Waals surface area contributed by atoms with Crippen LogP contribution in [0.2, 0.25) is 0 Å². The predicted molar refractivity (Wildman–Crippen MR) is 78.6 cm³/mol. The average Bonchev–Trinajstić information content (AvgIpc) is 2.93. The lowest BCUT2D eigenvalue weighted by atomic mass is 10.2. The van der Waals surface area contributed by atoms with Gasteiger partial charge in [0.1, 0.15) is 6.54 Å². The van der Waals surface area contributed by atoms with Crippen molar-refractivity contribution >= 4 is 12.0 Å². The summed E-state index contributed by atoms with van der Waals surface area (Å²) in [5.74, 6) is -0.706. The summed E-state index contributed by atoms with van der Waals surface area (Å²) in [6.45, 7) is 4.65. The number of carboxylic acids is 1. The Morgan fingerprint density at radius 3 is 2.43 bits per heavy atom. The molecule has 1 aliphatic rings. The van der Waals surface area contributed by atoms with Gasteiger partial charge in [0, 0.05) is 19.1 Å². The van der Waals surface area contributed by atoms with Gasteiger partial charge in [-0.25, -0.2) is 4.79 Å². The molecule has 1 N–H and O–H groups in total. The van der Waals surface area contributed by atoms with E-state index in [1.807, 2.05) is 19.9 Å². The third-order valence-electron chi connectivity index (χ3n) is 3.67. The highest BCUT2D eigenvalue weighted by Crippen LogP contribution is 2.24. The molecule has 0 aliphatic heterocycles. The standard InChI is InChI=1S/C15H25N3O3/c1-12(2)10-17(9-5-8-16)15(21)18(11-14(19)20)13-6-3-4-7-13/h12-13H,3-7,9-11H2,1-2H3,(H,19,20). The normalized spacial score (nSPS) is 15.0. The maximum absolute atomic E-state index is 12.7. The number of urea groups is 1. The Morgan fingerprint density at radius 1 is 1.33 bits per heavy atom. The van der Waals surface area contributed by atoms with Crippen LogP contribution in [0.1, 0.15) is 46.0 Å². The molecule has 1 fully saturated rings. The van der Waals surface area contributed by atoms with E-state index in [0.717, 1.165) is 25.7 Å². The molecule has 0 radical (unpaired) electrons. The molecule has 0 atom stereocenters. The van der Waals surface area contributed by atoms with Crippen molar-refractivity contribution in [2.24, 2.45) is 5.92 Å². The minimum absolute atomic E-state index is 0.0188. The van der Waals surface area contributed by atoms with Crippen LogP contribution in [0.5, 0.6) is 0 Å². The first-order chi connectivity index (χ1) is 9.95. The maximum atomic E-state index is 12.7. The first kappa shape index (κ1) is 17.3. The van der Waals surface area contributed by atoms with Gasteiger partial charge in [0.15, 0.2) is 0 Å². The Bertz CT molecular complexity index is 397. The number of aliphatic carboxylic acids is 1. The summed E-state index contributed by atoms with van der Waals surface area (Å²) in [6.07, 6.45) is 4.08. The van der Waals surface area contributed by atoms with Gasteiger partial charge in [-0.15, -0.1) is 0 Å². The number of carboxylic acid groups (broad SMARTS) is 1. The zero-order valence-corrected chi connectivity index (χ0v) is 12.9. The molecule has 1 aliphatic carbocycles. The molecule has 1 rings (SSSR count). The van der Waals surface area contributed by atoms with Crippen LogP contribution in [-0.2, 0) is 4.79 Å². The van der Waals surface area contributed by atoms with Gasteiger partial charge in [-0.2, -0.15) is 5.26 Å². The summed E-state index contributed by atoms with van der Waals surface area (Å²) in [4.78, 5) is 26.9. The number of nitrogens with zero attached hydrogens (tertiary/aromatic N) is 3. The summed E-state index contributed by atoms with van der Waals surface area (Å²) >= 11 is 0. The quantitative estimate of drug-likeness (QED) is 0.781. The lowest BCUT2D eigenvalue weighted by molar-refractivity contribution is -0.138. The lowest BCUT2D eigenvalue weighted by Gasteiger charge is -2.34. The van der Waals surface area contributed by atoms with E-state index in [1.165, 1.54) is 4.90 Å². The Labute approximate surface area is 126 Å². The second-order valence-electron chi connectivity index (χ2n) is 5.99. The molecule has 6 heteroatoms. The van der Waals surface area contributed by atoms with Crippen LogP contribution in [0.4, 0.5) is 4.79 Å². The minimum Gasteiger partial charge on any atom is -0.480 e. The first-order valence-electron chi connectivity index (χ1n) is 7.60. The van der Waals surface area contributed by atoms with Crippen molar-refractivity contribution in [1.82, 2.24) is 9.80 Å². The van der Waals surface area contributed by atoms with Crippen molar-refractivity contribution in [3.8, 4) is 6.07 Å². The molecule has 6 nitrogen and oxygen atoms in total. The monoisotopic (exact) mass is 295 g/mol. The van der Waals surface area contributed by atoms with Crippen LogP contribution < -0.4 is 0 Å². The highest BCUT2D eigenvalue weighted by Gasteiger charge is 2.31. The number of nitriles is 1. The van der Waals surface area contributed by atoms with Gasteiger partial charge in [0.2, 0.25) is 0 Å². The SMILES string of the molecule is CC(C)CN(CCC#N)C(=O)N(CC(=O)O)C1CCCC1. The highest BCUT2D eigenvalue weighted by molar-refractivity contribution is 5.80. The third kappa shape index (κ3) is 5.62. The van der Waals surface area contributed by atoms with Crippen molar-refractivity contribution in [3.05, 3.63) is 0 Å². The Hall–Kier alpha value is -1.77. The molecule has 0 aromatic rings. The number of rotatable bonds is 7. The molecule has 2 amide bonds. The first-order valence-corrected chi connectivity index (χ1v) is 7.60. The van der Waals surface area contributed by atoms with E-state index in [-0.39, 0.29) is 31.0 Å². The lowest BCUT2D eigenvalue weighted by Crippen LogP contribution is -2.50. The fourth-order valence-corrected chi connectivity index (χ4v) is 2.79.